The molecule has 0 radical (unpaired) electrons. The van der Waals surface area contributed by atoms with E-state index in [9.17, 15) is 4.79 Å². The van der Waals surface area contributed by atoms with Crippen molar-refractivity contribution < 1.29 is 9.53 Å². The van der Waals surface area contributed by atoms with Gasteiger partial charge in [-0.2, -0.15) is 5.10 Å². The highest BCUT2D eigenvalue weighted by atomic mass is 16.5. The van der Waals surface area contributed by atoms with Crippen LogP contribution in [0.2, 0.25) is 0 Å². The van der Waals surface area contributed by atoms with Crippen molar-refractivity contribution in [2.45, 2.75) is 6.92 Å². The molecule has 0 saturated carbocycles. The highest BCUT2D eigenvalue weighted by Crippen LogP contribution is 2.20. The second-order valence-electron chi connectivity index (χ2n) is 5.48. The Morgan fingerprint density at radius 3 is 2.54 bits per heavy atom. The van der Waals surface area contributed by atoms with Crippen molar-refractivity contribution >= 4 is 11.6 Å². The van der Waals surface area contributed by atoms with Crippen molar-refractivity contribution in [3.8, 4) is 11.4 Å². The topological polar surface area (TPSA) is 47.4 Å². The number of aryl methyl sites for hydroxylation is 1. The molecule has 1 heterocycles. The van der Waals surface area contributed by atoms with E-state index in [2.05, 4.69) is 5.10 Å². The van der Waals surface area contributed by atoms with Gasteiger partial charge in [0.1, 0.15) is 5.75 Å². The molecule has 0 aliphatic heterocycles. The van der Waals surface area contributed by atoms with Crippen molar-refractivity contribution in [2.24, 2.45) is 0 Å². The molecule has 24 heavy (non-hydrogen) atoms. The number of methoxy groups -OCH3 is 1. The van der Waals surface area contributed by atoms with Gasteiger partial charge in [0.2, 0.25) is 0 Å². The number of hydrogen-bond acceptors (Lipinski definition) is 3. The first kappa shape index (κ1) is 15.8. The molecule has 5 heteroatoms. The van der Waals surface area contributed by atoms with Gasteiger partial charge in [-0.15, -0.1) is 0 Å². The van der Waals surface area contributed by atoms with Crippen molar-refractivity contribution in [3.63, 3.8) is 0 Å². The number of ether oxygens (including phenoxy) is 1. The fraction of sp³-hybridized carbons (Fsp3) is 0.158. The summed E-state index contributed by atoms with van der Waals surface area (Å²) in [5, 5.41) is 4.47. The molecule has 1 amide bonds. The molecule has 3 rings (SSSR count). The summed E-state index contributed by atoms with van der Waals surface area (Å²) in [6.07, 6.45) is 0. The van der Waals surface area contributed by atoms with Gasteiger partial charge in [-0.05, 0) is 37.3 Å². The molecule has 0 unspecified atom stereocenters. The molecule has 1 aromatic heterocycles. The fourth-order valence-corrected chi connectivity index (χ4v) is 2.52. The average Bonchev–Trinajstić information content (AvgIpc) is 3.03. The molecule has 0 atom stereocenters. The van der Waals surface area contributed by atoms with Crippen molar-refractivity contribution in [1.82, 2.24) is 9.78 Å². The minimum Gasteiger partial charge on any atom is -0.497 e. The number of carbonyl (C=O) groups is 1. The van der Waals surface area contributed by atoms with Gasteiger partial charge in [0, 0.05) is 24.5 Å². The van der Waals surface area contributed by atoms with Gasteiger partial charge < -0.3 is 9.64 Å². The third-order valence-corrected chi connectivity index (χ3v) is 3.85. The summed E-state index contributed by atoms with van der Waals surface area (Å²) in [6, 6.07) is 18.9. The normalized spacial score (nSPS) is 10.5. The molecule has 2 aromatic carbocycles. The van der Waals surface area contributed by atoms with Crippen LogP contribution in [0.4, 0.5) is 5.69 Å². The Morgan fingerprint density at radius 2 is 1.83 bits per heavy atom. The number of aromatic nitrogens is 2. The Balaban J connectivity index is 1.92. The molecule has 0 fully saturated rings. The lowest BCUT2D eigenvalue weighted by Gasteiger charge is -2.15. The summed E-state index contributed by atoms with van der Waals surface area (Å²) in [5.41, 5.74) is 2.97. The first-order valence-electron chi connectivity index (χ1n) is 7.64. The Bertz CT molecular complexity index is 856. The second-order valence-corrected chi connectivity index (χ2v) is 5.48. The second kappa shape index (κ2) is 6.58. The van der Waals surface area contributed by atoms with Crippen LogP contribution in [-0.2, 0) is 0 Å². The van der Waals surface area contributed by atoms with E-state index in [1.165, 1.54) is 0 Å². The van der Waals surface area contributed by atoms with Crippen LogP contribution in [0.25, 0.3) is 5.69 Å². The summed E-state index contributed by atoms with van der Waals surface area (Å²) in [7, 11) is 3.37. The van der Waals surface area contributed by atoms with Crippen LogP contribution >= 0.6 is 0 Å². The van der Waals surface area contributed by atoms with Crippen molar-refractivity contribution in [1.29, 1.82) is 0 Å². The predicted molar refractivity (Wildman–Crippen MR) is 94.0 cm³/mol. The summed E-state index contributed by atoms with van der Waals surface area (Å²) >= 11 is 0. The minimum absolute atomic E-state index is 0.147. The van der Waals surface area contributed by atoms with Gasteiger partial charge in [0.05, 0.1) is 12.8 Å². The van der Waals surface area contributed by atoms with E-state index in [4.69, 9.17) is 4.74 Å². The van der Waals surface area contributed by atoms with Crippen LogP contribution in [0.1, 0.15) is 16.2 Å². The molecule has 0 N–H and O–H groups in total. The Kier molecular flexibility index (Phi) is 4.33. The Hall–Kier alpha value is -3.08. The zero-order valence-electron chi connectivity index (χ0n) is 13.9. The molecule has 0 spiro atoms. The van der Waals surface area contributed by atoms with Crippen molar-refractivity contribution in [2.75, 3.05) is 19.1 Å². The van der Waals surface area contributed by atoms with Gasteiger partial charge in [-0.1, -0.05) is 24.3 Å². The molecular weight excluding hydrogens is 302 g/mol. The third-order valence-electron chi connectivity index (χ3n) is 3.85. The van der Waals surface area contributed by atoms with Gasteiger partial charge in [-0.25, -0.2) is 4.68 Å². The van der Waals surface area contributed by atoms with Gasteiger partial charge in [-0.3, -0.25) is 4.79 Å². The molecule has 5 nitrogen and oxygen atoms in total. The quantitative estimate of drug-likeness (QED) is 0.739. The number of carbonyl (C=O) groups excluding carboxylic acids is 1. The molecule has 3 aromatic rings. The molecule has 0 aliphatic carbocycles. The predicted octanol–water partition coefficient (Wildman–Crippen LogP) is 3.47. The van der Waals surface area contributed by atoms with Crippen LogP contribution in [0.3, 0.4) is 0 Å². The molecular formula is C19H19N3O2. The zero-order chi connectivity index (χ0) is 17.1. The van der Waals surface area contributed by atoms with E-state index >= 15 is 0 Å². The fourth-order valence-electron chi connectivity index (χ4n) is 2.52. The van der Waals surface area contributed by atoms with Gasteiger partial charge in [0.25, 0.3) is 5.91 Å². The van der Waals surface area contributed by atoms with Gasteiger partial charge >= 0.3 is 0 Å². The zero-order valence-corrected chi connectivity index (χ0v) is 13.9. The maximum atomic E-state index is 12.7. The molecule has 0 saturated heterocycles. The number of para-hydroxylation sites is 1. The number of rotatable bonds is 4. The van der Waals surface area contributed by atoms with Crippen LogP contribution in [0.5, 0.6) is 5.75 Å². The van der Waals surface area contributed by atoms with Crippen LogP contribution in [0.15, 0.2) is 60.7 Å². The summed E-state index contributed by atoms with van der Waals surface area (Å²) in [5.74, 6) is 0.600. The maximum absolute atomic E-state index is 12.7. The average molecular weight is 321 g/mol. The van der Waals surface area contributed by atoms with E-state index in [1.54, 1.807) is 29.8 Å². The lowest BCUT2D eigenvalue weighted by molar-refractivity contribution is 0.0988. The van der Waals surface area contributed by atoms with E-state index in [1.807, 2.05) is 61.5 Å². The largest absolute Gasteiger partial charge is 0.497 e. The summed E-state index contributed by atoms with van der Waals surface area (Å²) in [6.45, 7) is 1.92. The van der Waals surface area contributed by atoms with Crippen LogP contribution in [0, 0.1) is 6.92 Å². The Morgan fingerprint density at radius 1 is 1.08 bits per heavy atom. The standard InChI is InChI=1S/C19H19N3O2/c1-14-12-18(19(23)21(2)15-8-5-4-6-9-15)20-22(14)16-10-7-11-17(13-16)24-3/h4-13H,1-3H3. The number of anilines is 1. The first-order valence-corrected chi connectivity index (χ1v) is 7.64. The minimum atomic E-state index is -0.147. The van der Waals surface area contributed by atoms with Gasteiger partial charge in [0.15, 0.2) is 5.69 Å². The molecule has 122 valence electrons. The first-order chi connectivity index (χ1) is 11.6. The number of benzene rings is 2. The highest BCUT2D eigenvalue weighted by Gasteiger charge is 2.18. The highest BCUT2D eigenvalue weighted by molar-refractivity contribution is 6.04. The van der Waals surface area contributed by atoms with E-state index in [0.29, 0.717) is 5.69 Å². The SMILES string of the molecule is COc1cccc(-n2nc(C(=O)N(C)c3ccccc3)cc2C)c1. The Labute approximate surface area is 141 Å². The van der Waals surface area contributed by atoms with E-state index < -0.39 is 0 Å². The lowest BCUT2D eigenvalue weighted by atomic mass is 10.2. The molecule has 0 bridgehead atoms. The maximum Gasteiger partial charge on any atom is 0.278 e. The van der Waals surface area contributed by atoms with Crippen molar-refractivity contribution in [3.05, 3.63) is 72.1 Å². The molecule has 0 aliphatic rings. The van der Waals surface area contributed by atoms with E-state index in [-0.39, 0.29) is 5.91 Å². The van der Waals surface area contributed by atoms with Crippen LogP contribution in [-0.4, -0.2) is 29.8 Å². The summed E-state index contributed by atoms with van der Waals surface area (Å²) in [4.78, 5) is 14.3. The smallest absolute Gasteiger partial charge is 0.278 e. The third kappa shape index (κ3) is 3.01. The lowest BCUT2D eigenvalue weighted by Crippen LogP contribution is -2.26. The number of amides is 1. The van der Waals surface area contributed by atoms with E-state index in [0.717, 1.165) is 22.8 Å². The monoisotopic (exact) mass is 321 g/mol. The summed E-state index contributed by atoms with van der Waals surface area (Å²) < 4.78 is 6.99. The number of nitrogens with zero attached hydrogens (tertiary/aromatic N) is 3. The number of hydrogen-bond donors (Lipinski definition) is 0. The van der Waals surface area contributed by atoms with Crippen LogP contribution < -0.4 is 9.64 Å².